The number of ether oxygens (including phenoxy) is 2. The van der Waals surface area contributed by atoms with Crippen LogP contribution in [0.15, 0.2) is 18.2 Å². The van der Waals surface area contributed by atoms with Crippen LogP contribution in [0.5, 0.6) is 11.5 Å². The average Bonchev–Trinajstić information content (AvgIpc) is 2.65. The van der Waals surface area contributed by atoms with E-state index in [2.05, 4.69) is 12.2 Å². The number of methoxy groups -OCH3 is 2. The van der Waals surface area contributed by atoms with Crippen LogP contribution in [0.2, 0.25) is 0 Å². The normalized spacial score (nSPS) is 32.2. The van der Waals surface area contributed by atoms with Crippen LogP contribution in [0.4, 0.5) is 0 Å². The molecule has 1 atom stereocenters. The summed E-state index contributed by atoms with van der Waals surface area (Å²) in [6.45, 7) is 2.25. The van der Waals surface area contributed by atoms with Crippen molar-refractivity contribution < 1.29 is 14.3 Å². The first kappa shape index (κ1) is 18.6. The highest BCUT2D eigenvalue weighted by Gasteiger charge is 2.53. The van der Waals surface area contributed by atoms with Crippen molar-refractivity contribution in [2.75, 3.05) is 14.2 Å². The molecule has 0 saturated heterocycles. The standard InChI is InChI=1S/C23H33NO3/c1-15(23-12-17-8-18(13-23)10-19(9-17)14-23)24-22(25)7-5-16-4-6-20(26-2)21(11-16)27-3/h4,6,11,15,17-19H,5,7-10,12-14H2,1-3H3,(H,24,25)/t15-,17?,18?,19?,23?/m1/s1. The molecule has 0 unspecified atom stereocenters. The van der Waals surface area contributed by atoms with Gasteiger partial charge in [0.2, 0.25) is 5.91 Å². The Morgan fingerprint density at radius 2 is 1.67 bits per heavy atom. The van der Waals surface area contributed by atoms with Gasteiger partial charge in [0.15, 0.2) is 11.5 Å². The monoisotopic (exact) mass is 371 g/mol. The summed E-state index contributed by atoms with van der Waals surface area (Å²) in [5.41, 5.74) is 1.47. The van der Waals surface area contributed by atoms with Gasteiger partial charge in [0.05, 0.1) is 14.2 Å². The zero-order valence-electron chi connectivity index (χ0n) is 16.9. The molecule has 4 aliphatic carbocycles. The summed E-state index contributed by atoms with van der Waals surface area (Å²) in [5.74, 6) is 4.37. The van der Waals surface area contributed by atoms with Crippen LogP contribution in [-0.2, 0) is 11.2 Å². The lowest BCUT2D eigenvalue weighted by Gasteiger charge is -2.59. The minimum atomic E-state index is 0.174. The number of carbonyl (C=O) groups excluding carboxylic acids is 1. The molecule has 1 N–H and O–H groups in total. The fourth-order valence-corrected chi connectivity index (χ4v) is 6.47. The minimum absolute atomic E-state index is 0.174. The third kappa shape index (κ3) is 3.68. The maximum Gasteiger partial charge on any atom is 0.220 e. The summed E-state index contributed by atoms with van der Waals surface area (Å²) in [6.07, 6.45) is 9.56. The van der Waals surface area contributed by atoms with Crippen molar-refractivity contribution in [1.82, 2.24) is 5.32 Å². The van der Waals surface area contributed by atoms with Gasteiger partial charge in [0, 0.05) is 12.5 Å². The van der Waals surface area contributed by atoms with Crippen molar-refractivity contribution in [3.05, 3.63) is 23.8 Å². The molecule has 0 spiro atoms. The lowest BCUT2D eigenvalue weighted by molar-refractivity contribution is -0.125. The Kier molecular flexibility index (Phi) is 5.09. The fourth-order valence-electron chi connectivity index (χ4n) is 6.47. The molecule has 5 rings (SSSR count). The Hall–Kier alpha value is -1.71. The summed E-state index contributed by atoms with van der Waals surface area (Å²) >= 11 is 0. The van der Waals surface area contributed by atoms with Crippen molar-refractivity contribution >= 4 is 5.91 Å². The van der Waals surface area contributed by atoms with Crippen molar-refractivity contribution in [3.8, 4) is 11.5 Å². The van der Waals surface area contributed by atoms with Crippen molar-refractivity contribution in [2.45, 2.75) is 64.3 Å². The van der Waals surface area contributed by atoms with Gasteiger partial charge in [-0.05, 0) is 92.7 Å². The molecule has 1 aromatic carbocycles. The molecule has 0 aromatic heterocycles. The first-order chi connectivity index (χ1) is 13.0. The Balaban J connectivity index is 1.33. The van der Waals surface area contributed by atoms with Crippen LogP contribution in [0.25, 0.3) is 0 Å². The second-order valence-corrected chi connectivity index (χ2v) is 9.26. The average molecular weight is 372 g/mol. The molecule has 1 aromatic rings. The predicted molar refractivity (Wildman–Crippen MR) is 106 cm³/mol. The van der Waals surface area contributed by atoms with Gasteiger partial charge in [-0.1, -0.05) is 6.07 Å². The molecule has 1 amide bonds. The first-order valence-corrected chi connectivity index (χ1v) is 10.5. The van der Waals surface area contributed by atoms with Gasteiger partial charge in [0.25, 0.3) is 0 Å². The molecule has 4 fully saturated rings. The van der Waals surface area contributed by atoms with E-state index in [0.29, 0.717) is 17.9 Å². The van der Waals surface area contributed by atoms with E-state index in [9.17, 15) is 4.79 Å². The second kappa shape index (κ2) is 7.37. The Bertz CT molecular complexity index is 664. The van der Waals surface area contributed by atoms with Crippen molar-refractivity contribution in [1.29, 1.82) is 0 Å². The molecule has 4 saturated carbocycles. The van der Waals surface area contributed by atoms with Crippen LogP contribution in [0, 0.1) is 23.2 Å². The van der Waals surface area contributed by atoms with Gasteiger partial charge >= 0.3 is 0 Å². The molecule has 0 heterocycles. The molecule has 4 aliphatic rings. The molecular formula is C23H33NO3. The third-order valence-corrected chi connectivity index (χ3v) is 7.47. The van der Waals surface area contributed by atoms with Crippen LogP contribution in [0.3, 0.4) is 0 Å². The Morgan fingerprint density at radius 3 is 2.22 bits per heavy atom. The fraction of sp³-hybridized carbons (Fsp3) is 0.696. The number of hydrogen-bond acceptors (Lipinski definition) is 3. The van der Waals surface area contributed by atoms with Crippen LogP contribution >= 0.6 is 0 Å². The maximum absolute atomic E-state index is 12.6. The molecule has 27 heavy (non-hydrogen) atoms. The second-order valence-electron chi connectivity index (χ2n) is 9.26. The highest BCUT2D eigenvalue weighted by molar-refractivity contribution is 5.76. The summed E-state index contributed by atoms with van der Waals surface area (Å²) in [4.78, 5) is 12.6. The Labute approximate surface area is 163 Å². The van der Waals surface area contributed by atoms with Crippen molar-refractivity contribution in [3.63, 3.8) is 0 Å². The van der Waals surface area contributed by atoms with Gasteiger partial charge in [-0.2, -0.15) is 0 Å². The number of benzene rings is 1. The SMILES string of the molecule is COc1ccc(CCC(=O)N[C@H](C)C23CC4CC(CC(C4)C2)C3)cc1OC. The molecule has 148 valence electrons. The van der Waals surface area contributed by atoms with Crippen LogP contribution < -0.4 is 14.8 Å². The number of amides is 1. The minimum Gasteiger partial charge on any atom is -0.493 e. The molecule has 4 nitrogen and oxygen atoms in total. The topological polar surface area (TPSA) is 47.6 Å². The summed E-state index contributed by atoms with van der Waals surface area (Å²) < 4.78 is 10.6. The van der Waals surface area contributed by atoms with E-state index >= 15 is 0 Å². The van der Waals surface area contributed by atoms with E-state index in [-0.39, 0.29) is 5.91 Å². The lowest BCUT2D eigenvalue weighted by atomic mass is 9.48. The maximum atomic E-state index is 12.6. The molecular weight excluding hydrogens is 338 g/mol. The zero-order valence-corrected chi connectivity index (χ0v) is 16.9. The molecule has 0 radical (unpaired) electrons. The molecule has 4 heteroatoms. The predicted octanol–water partition coefficient (Wildman–Crippen LogP) is 4.36. The highest BCUT2D eigenvalue weighted by atomic mass is 16.5. The van der Waals surface area contributed by atoms with E-state index in [1.54, 1.807) is 14.2 Å². The van der Waals surface area contributed by atoms with E-state index in [0.717, 1.165) is 41.2 Å². The van der Waals surface area contributed by atoms with E-state index < -0.39 is 0 Å². The van der Waals surface area contributed by atoms with Crippen LogP contribution in [-0.4, -0.2) is 26.2 Å². The first-order valence-electron chi connectivity index (χ1n) is 10.5. The van der Waals surface area contributed by atoms with E-state index in [1.165, 1.54) is 38.5 Å². The lowest BCUT2D eigenvalue weighted by Crippen LogP contribution is -2.55. The van der Waals surface area contributed by atoms with Crippen molar-refractivity contribution in [2.24, 2.45) is 23.2 Å². The number of carbonyl (C=O) groups is 1. The third-order valence-electron chi connectivity index (χ3n) is 7.47. The quantitative estimate of drug-likeness (QED) is 0.775. The molecule has 0 aliphatic heterocycles. The molecule has 4 bridgehead atoms. The largest absolute Gasteiger partial charge is 0.493 e. The van der Waals surface area contributed by atoms with Crippen LogP contribution in [0.1, 0.15) is 57.4 Å². The van der Waals surface area contributed by atoms with Gasteiger partial charge in [0.1, 0.15) is 0 Å². The van der Waals surface area contributed by atoms with Gasteiger partial charge in [-0.25, -0.2) is 0 Å². The van der Waals surface area contributed by atoms with Gasteiger partial charge in [-0.15, -0.1) is 0 Å². The van der Waals surface area contributed by atoms with E-state index in [1.807, 2.05) is 18.2 Å². The number of aryl methyl sites for hydroxylation is 1. The van der Waals surface area contributed by atoms with Gasteiger partial charge < -0.3 is 14.8 Å². The summed E-state index contributed by atoms with van der Waals surface area (Å²) in [6, 6.07) is 6.18. The highest BCUT2D eigenvalue weighted by Crippen LogP contribution is 2.61. The summed E-state index contributed by atoms with van der Waals surface area (Å²) in [5, 5.41) is 3.36. The number of rotatable bonds is 7. The smallest absolute Gasteiger partial charge is 0.220 e. The Morgan fingerprint density at radius 1 is 1.07 bits per heavy atom. The summed E-state index contributed by atoms with van der Waals surface area (Å²) in [7, 11) is 3.28. The number of hydrogen-bond donors (Lipinski definition) is 1. The van der Waals surface area contributed by atoms with E-state index in [4.69, 9.17) is 9.47 Å². The number of nitrogens with one attached hydrogen (secondary N) is 1. The van der Waals surface area contributed by atoms with Gasteiger partial charge in [-0.3, -0.25) is 4.79 Å². The zero-order chi connectivity index (χ0) is 19.0.